The minimum atomic E-state index is -1.07. The summed E-state index contributed by atoms with van der Waals surface area (Å²) in [5, 5.41) is 11.0. The molecule has 0 radical (unpaired) electrons. The normalized spacial score (nSPS) is 11.6. The topological polar surface area (TPSA) is 75.6 Å². The zero-order valence-electron chi connectivity index (χ0n) is 9.77. The molecule has 1 aromatic carbocycles. The molecule has 17 heavy (non-hydrogen) atoms. The molecule has 2 N–H and O–H groups in total. The molecule has 0 aliphatic rings. The molecule has 0 fully saturated rings. The molecule has 0 spiro atoms. The lowest BCUT2D eigenvalue weighted by Crippen LogP contribution is -2.38. The second-order valence-electron chi connectivity index (χ2n) is 3.49. The highest BCUT2D eigenvalue weighted by Crippen LogP contribution is 2.13. The number of rotatable bonds is 5. The third-order valence-electron chi connectivity index (χ3n) is 2.13. The molecule has 0 aliphatic heterocycles. The third-order valence-corrected chi connectivity index (χ3v) is 2.13. The lowest BCUT2D eigenvalue weighted by molar-refractivity contribution is -0.138. The third kappa shape index (κ3) is 3.79. The molecule has 1 atom stereocenters. The summed E-state index contributed by atoms with van der Waals surface area (Å²) in [7, 11) is 0. The van der Waals surface area contributed by atoms with E-state index in [4.69, 9.17) is 9.84 Å². The molecule has 0 saturated carbocycles. The molecule has 1 aromatic rings. The van der Waals surface area contributed by atoms with Crippen LogP contribution in [-0.2, 0) is 4.79 Å². The van der Waals surface area contributed by atoms with Crippen molar-refractivity contribution >= 4 is 11.9 Å². The van der Waals surface area contributed by atoms with Gasteiger partial charge in [-0.1, -0.05) is 6.07 Å². The van der Waals surface area contributed by atoms with E-state index < -0.39 is 17.9 Å². The van der Waals surface area contributed by atoms with E-state index in [1.165, 1.54) is 6.92 Å². The predicted octanol–water partition coefficient (Wildman–Crippen LogP) is 1.29. The SMILES string of the molecule is CCOc1cccc(C(=O)N[C@H](C)C(=O)O)c1. The minimum absolute atomic E-state index is 0.379. The highest BCUT2D eigenvalue weighted by atomic mass is 16.5. The van der Waals surface area contributed by atoms with Gasteiger partial charge in [0.25, 0.3) is 5.91 Å². The zero-order chi connectivity index (χ0) is 12.8. The van der Waals surface area contributed by atoms with Crippen LogP contribution in [0.1, 0.15) is 24.2 Å². The standard InChI is InChI=1S/C12H15NO4/c1-3-17-10-6-4-5-9(7-10)11(14)13-8(2)12(15)16/h4-8H,3H2,1-2H3,(H,13,14)(H,15,16)/t8-/m1/s1. The fraction of sp³-hybridized carbons (Fsp3) is 0.333. The molecule has 5 nitrogen and oxygen atoms in total. The molecular formula is C12H15NO4. The summed E-state index contributed by atoms with van der Waals surface area (Å²) in [4.78, 5) is 22.3. The minimum Gasteiger partial charge on any atom is -0.494 e. The number of nitrogens with one attached hydrogen (secondary N) is 1. The Morgan fingerprint density at radius 2 is 2.18 bits per heavy atom. The smallest absolute Gasteiger partial charge is 0.325 e. The molecule has 1 rings (SSSR count). The maximum absolute atomic E-state index is 11.7. The number of carbonyl (C=O) groups excluding carboxylic acids is 1. The first kappa shape index (κ1) is 13.0. The molecule has 0 heterocycles. The van der Waals surface area contributed by atoms with Crippen LogP contribution in [0, 0.1) is 0 Å². The number of aliphatic carboxylic acids is 1. The van der Waals surface area contributed by atoms with Crippen molar-refractivity contribution in [2.45, 2.75) is 19.9 Å². The summed E-state index contributed by atoms with van der Waals surface area (Å²) in [6.45, 7) is 3.77. The monoisotopic (exact) mass is 237 g/mol. The van der Waals surface area contributed by atoms with Crippen molar-refractivity contribution in [1.82, 2.24) is 5.32 Å². The van der Waals surface area contributed by atoms with Gasteiger partial charge in [0, 0.05) is 5.56 Å². The first-order valence-corrected chi connectivity index (χ1v) is 5.31. The molecule has 0 bridgehead atoms. The lowest BCUT2D eigenvalue weighted by atomic mass is 10.2. The zero-order valence-corrected chi connectivity index (χ0v) is 9.77. The van der Waals surface area contributed by atoms with Crippen molar-refractivity contribution in [2.24, 2.45) is 0 Å². The van der Waals surface area contributed by atoms with Gasteiger partial charge < -0.3 is 15.2 Å². The number of carboxylic acid groups (broad SMARTS) is 1. The van der Waals surface area contributed by atoms with Crippen molar-refractivity contribution in [3.05, 3.63) is 29.8 Å². The van der Waals surface area contributed by atoms with Crippen LogP contribution in [-0.4, -0.2) is 29.6 Å². The summed E-state index contributed by atoms with van der Waals surface area (Å²) >= 11 is 0. The quantitative estimate of drug-likeness (QED) is 0.809. The van der Waals surface area contributed by atoms with Crippen molar-refractivity contribution < 1.29 is 19.4 Å². The second kappa shape index (κ2) is 5.89. The average Bonchev–Trinajstić information content (AvgIpc) is 2.29. The molecular weight excluding hydrogens is 222 g/mol. The van der Waals surface area contributed by atoms with Crippen LogP contribution in [0.15, 0.2) is 24.3 Å². The van der Waals surface area contributed by atoms with Crippen LogP contribution in [0.2, 0.25) is 0 Å². The Balaban J connectivity index is 2.75. The Hall–Kier alpha value is -2.04. The van der Waals surface area contributed by atoms with E-state index in [9.17, 15) is 9.59 Å². The first-order chi connectivity index (χ1) is 8.04. The first-order valence-electron chi connectivity index (χ1n) is 5.31. The van der Waals surface area contributed by atoms with Gasteiger partial charge in [-0.05, 0) is 32.0 Å². The van der Waals surface area contributed by atoms with Gasteiger partial charge in [0.1, 0.15) is 11.8 Å². The fourth-order valence-electron chi connectivity index (χ4n) is 1.24. The summed E-state index contributed by atoms with van der Waals surface area (Å²) in [6.07, 6.45) is 0. The molecule has 0 unspecified atom stereocenters. The fourth-order valence-corrected chi connectivity index (χ4v) is 1.24. The van der Waals surface area contributed by atoms with Gasteiger partial charge in [0.05, 0.1) is 6.61 Å². The molecule has 5 heteroatoms. The van der Waals surface area contributed by atoms with Gasteiger partial charge in [-0.3, -0.25) is 9.59 Å². The Kier molecular flexibility index (Phi) is 4.51. The van der Waals surface area contributed by atoms with Crippen molar-refractivity contribution in [3.8, 4) is 5.75 Å². The molecule has 1 amide bonds. The van der Waals surface area contributed by atoms with Crippen LogP contribution in [0.4, 0.5) is 0 Å². The lowest BCUT2D eigenvalue weighted by Gasteiger charge is -2.10. The maximum Gasteiger partial charge on any atom is 0.325 e. The van der Waals surface area contributed by atoms with E-state index in [1.54, 1.807) is 24.3 Å². The Morgan fingerprint density at radius 3 is 2.76 bits per heavy atom. The number of carbonyl (C=O) groups is 2. The number of hydrogen-bond acceptors (Lipinski definition) is 3. The van der Waals surface area contributed by atoms with Gasteiger partial charge in [-0.15, -0.1) is 0 Å². The van der Waals surface area contributed by atoms with Crippen molar-refractivity contribution in [3.63, 3.8) is 0 Å². The van der Waals surface area contributed by atoms with Crippen LogP contribution < -0.4 is 10.1 Å². The van der Waals surface area contributed by atoms with E-state index in [0.29, 0.717) is 17.9 Å². The van der Waals surface area contributed by atoms with Crippen LogP contribution in [0.3, 0.4) is 0 Å². The Labute approximate surface area is 99.4 Å². The Morgan fingerprint density at radius 1 is 1.47 bits per heavy atom. The molecule has 0 aromatic heterocycles. The van der Waals surface area contributed by atoms with Gasteiger partial charge in [0.2, 0.25) is 0 Å². The molecule has 92 valence electrons. The van der Waals surface area contributed by atoms with Gasteiger partial charge in [-0.25, -0.2) is 0 Å². The van der Waals surface area contributed by atoms with E-state index in [-0.39, 0.29) is 0 Å². The highest BCUT2D eigenvalue weighted by molar-refractivity contribution is 5.96. The summed E-state index contributed by atoms with van der Waals surface area (Å²) < 4.78 is 5.25. The predicted molar refractivity (Wildman–Crippen MR) is 62.2 cm³/mol. The van der Waals surface area contributed by atoms with Crippen molar-refractivity contribution in [1.29, 1.82) is 0 Å². The molecule has 0 aliphatic carbocycles. The Bertz CT molecular complexity index is 417. The van der Waals surface area contributed by atoms with E-state index in [2.05, 4.69) is 5.32 Å². The van der Waals surface area contributed by atoms with Crippen LogP contribution in [0.25, 0.3) is 0 Å². The molecule has 0 saturated heterocycles. The summed E-state index contributed by atoms with van der Waals surface area (Å²) in [5.74, 6) is -0.913. The second-order valence-corrected chi connectivity index (χ2v) is 3.49. The van der Waals surface area contributed by atoms with E-state index >= 15 is 0 Å². The number of amides is 1. The van der Waals surface area contributed by atoms with Gasteiger partial charge in [-0.2, -0.15) is 0 Å². The van der Waals surface area contributed by atoms with Crippen LogP contribution in [0.5, 0.6) is 5.75 Å². The highest BCUT2D eigenvalue weighted by Gasteiger charge is 2.15. The number of hydrogen-bond donors (Lipinski definition) is 2. The van der Waals surface area contributed by atoms with Crippen molar-refractivity contribution in [2.75, 3.05) is 6.61 Å². The number of ether oxygens (including phenoxy) is 1. The van der Waals surface area contributed by atoms with Gasteiger partial charge >= 0.3 is 5.97 Å². The van der Waals surface area contributed by atoms with Crippen LogP contribution >= 0.6 is 0 Å². The van der Waals surface area contributed by atoms with Gasteiger partial charge in [0.15, 0.2) is 0 Å². The largest absolute Gasteiger partial charge is 0.494 e. The van der Waals surface area contributed by atoms with E-state index in [0.717, 1.165) is 0 Å². The van der Waals surface area contributed by atoms with E-state index in [1.807, 2.05) is 6.92 Å². The summed E-state index contributed by atoms with van der Waals surface area (Å²) in [6, 6.07) is 5.68. The number of benzene rings is 1. The average molecular weight is 237 g/mol. The number of carboxylic acids is 1. The maximum atomic E-state index is 11.7. The summed E-state index contributed by atoms with van der Waals surface area (Å²) in [5.41, 5.74) is 0.379.